The Morgan fingerprint density at radius 1 is 1.04 bits per heavy atom. The summed E-state index contributed by atoms with van der Waals surface area (Å²) in [5.41, 5.74) is 3.65. The lowest BCUT2D eigenvalue weighted by molar-refractivity contribution is -0.114. The van der Waals surface area contributed by atoms with Gasteiger partial charge in [0.25, 0.3) is 5.91 Å². The van der Waals surface area contributed by atoms with Crippen molar-refractivity contribution < 1.29 is 14.5 Å². The molecule has 0 aliphatic carbocycles. The lowest BCUT2D eigenvalue weighted by Crippen LogP contribution is -2.29. The van der Waals surface area contributed by atoms with Gasteiger partial charge in [-0.1, -0.05) is 34.6 Å². The van der Waals surface area contributed by atoms with Crippen LogP contribution in [0.15, 0.2) is 44.8 Å². The molecule has 140 valence electrons. The number of nitrogens with one attached hydrogen (secondary N) is 1. The number of amides is 1. The van der Waals surface area contributed by atoms with Crippen LogP contribution in [0.3, 0.4) is 0 Å². The van der Waals surface area contributed by atoms with Crippen LogP contribution in [0.2, 0.25) is 0 Å². The molecule has 1 N–H and O–H groups in total. The van der Waals surface area contributed by atoms with Gasteiger partial charge in [0.15, 0.2) is 5.71 Å². The summed E-state index contributed by atoms with van der Waals surface area (Å²) in [5, 5.41) is 18.5. The highest BCUT2D eigenvalue weighted by molar-refractivity contribution is 6.45. The van der Waals surface area contributed by atoms with Crippen LogP contribution in [0.5, 0.6) is 0 Å². The van der Waals surface area contributed by atoms with Gasteiger partial charge in [-0.3, -0.25) is 4.79 Å². The Kier molecular flexibility index (Phi) is 8.69. The number of rotatable bonds is 8. The van der Waals surface area contributed by atoms with E-state index in [1.54, 1.807) is 19.9 Å². The average molecular weight is 359 g/mol. The number of likely N-dealkylation sites (N-methyl/N-ethyl adjacent to an activating group) is 1. The molecule has 0 fully saturated rings. The van der Waals surface area contributed by atoms with Crippen LogP contribution >= 0.6 is 0 Å². The average Bonchev–Trinajstić information content (AvgIpc) is 2.63. The van der Waals surface area contributed by atoms with E-state index in [1.807, 2.05) is 32.0 Å². The van der Waals surface area contributed by atoms with Gasteiger partial charge in [-0.05, 0) is 27.7 Å². The minimum absolute atomic E-state index is 0.163. The quantitative estimate of drug-likeness (QED) is 0.570. The van der Waals surface area contributed by atoms with E-state index in [9.17, 15) is 4.79 Å². The fourth-order valence-electron chi connectivity index (χ4n) is 1.81. The highest BCUT2D eigenvalue weighted by atomic mass is 16.6. The lowest BCUT2D eigenvalue weighted by Gasteiger charge is -2.10. The van der Waals surface area contributed by atoms with Crippen LogP contribution in [0.4, 0.5) is 0 Å². The Balaban J connectivity index is 2.97. The summed E-state index contributed by atoms with van der Waals surface area (Å²) < 4.78 is 0. The molecule has 0 aromatic heterocycles. The van der Waals surface area contributed by atoms with Crippen molar-refractivity contribution in [2.45, 2.75) is 34.3 Å². The van der Waals surface area contributed by atoms with Crippen molar-refractivity contribution in [1.82, 2.24) is 5.32 Å². The molecule has 0 spiro atoms. The summed E-state index contributed by atoms with van der Waals surface area (Å²) >= 11 is 0. The normalized spacial score (nSPS) is 12.5. The van der Waals surface area contributed by atoms with Crippen molar-refractivity contribution in [3.05, 3.63) is 35.4 Å². The maximum Gasteiger partial charge on any atom is 0.273 e. The first kappa shape index (κ1) is 21.0. The van der Waals surface area contributed by atoms with Crippen molar-refractivity contribution >= 4 is 28.8 Å². The summed E-state index contributed by atoms with van der Waals surface area (Å²) in [5.74, 6) is -0.352. The maximum atomic E-state index is 12.0. The first-order valence-electron chi connectivity index (χ1n) is 8.04. The molecular weight excluding hydrogens is 334 g/mol. The molecule has 0 aliphatic heterocycles. The first-order chi connectivity index (χ1) is 12.4. The molecule has 0 aliphatic rings. The van der Waals surface area contributed by atoms with Crippen molar-refractivity contribution in [1.29, 1.82) is 0 Å². The summed E-state index contributed by atoms with van der Waals surface area (Å²) in [6.45, 7) is 7.48. The zero-order chi connectivity index (χ0) is 19.5. The summed E-state index contributed by atoms with van der Waals surface area (Å²) in [6, 6.07) is 7.26. The monoisotopic (exact) mass is 359 g/mol. The number of carbonyl (C=O) groups excluding carboxylic acids is 1. The molecule has 8 heteroatoms. The van der Waals surface area contributed by atoms with Crippen LogP contribution in [0, 0.1) is 0 Å². The Labute approximate surface area is 153 Å². The predicted molar refractivity (Wildman–Crippen MR) is 104 cm³/mol. The summed E-state index contributed by atoms with van der Waals surface area (Å²) in [6.07, 6.45) is 0. The zero-order valence-corrected chi connectivity index (χ0v) is 16.0. The van der Waals surface area contributed by atoms with Crippen molar-refractivity contribution in [3.63, 3.8) is 0 Å². The second-order valence-electron chi connectivity index (χ2n) is 5.54. The second-order valence-corrected chi connectivity index (χ2v) is 5.54. The van der Waals surface area contributed by atoms with E-state index in [1.165, 1.54) is 14.2 Å². The van der Waals surface area contributed by atoms with E-state index < -0.39 is 0 Å². The van der Waals surface area contributed by atoms with Crippen molar-refractivity contribution in [2.75, 3.05) is 14.2 Å². The van der Waals surface area contributed by atoms with Gasteiger partial charge in [0.1, 0.15) is 13.7 Å². The molecule has 8 nitrogen and oxygen atoms in total. The van der Waals surface area contributed by atoms with Crippen LogP contribution in [0.1, 0.15) is 38.8 Å². The highest BCUT2D eigenvalue weighted by Gasteiger charge is 2.17. The Hall–Kier alpha value is -3.03. The molecule has 1 amide bonds. The van der Waals surface area contributed by atoms with E-state index >= 15 is 0 Å². The van der Waals surface area contributed by atoms with Gasteiger partial charge in [0.2, 0.25) is 0 Å². The van der Waals surface area contributed by atoms with Gasteiger partial charge < -0.3 is 15.0 Å². The lowest BCUT2D eigenvalue weighted by atomic mass is 10.0. The fourth-order valence-corrected chi connectivity index (χ4v) is 1.81. The van der Waals surface area contributed by atoms with Crippen LogP contribution in [-0.2, 0) is 21.1 Å². The third-order valence-corrected chi connectivity index (χ3v) is 3.24. The van der Waals surface area contributed by atoms with E-state index in [0.29, 0.717) is 17.0 Å². The minimum Gasteiger partial charge on any atom is -0.398 e. The molecule has 0 saturated heterocycles. The standard InChI is InChI=1S/C18H25N5O3/c1-12(2)20-21-13(3)14(4)22-26-11-15-9-7-8-10-16(15)17(23-25-6)18(24)19-5/h7-10H,11H2,1-6H3,(H,19,24)/b21-13+,22-14+,23-17+. The largest absolute Gasteiger partial charge is 0.398 e. The third-order valence-electron chi connectivity index (χ3n) is 3.24. The molecule has 26 heavy (non-hydrogen) atoms. The molecule has 0 saturated carbocycles. The molecule has 1 aromatic rings. The van der Waals surface area contributed by atoms with Crippen LogP contribution in [0.25, 0.3) is 0 Å². The predicted octanol–water partition coefficient (Wildman–Crippen LogP) is 2.53. The fraction of sp³-hybridized carbons (Fsp3) is 0.389. The van der Waals surface area contributed by atoms with Crippen LogP contribution in [-0.4, -0.2) is 42.9 Å². The van der Waals surface area contributed by atoms with E-state index in [0.717, 1.165) is 11.3 Å². The van der Waals surface area contributed by atoms with Gasteiger partial charge in [-0.15, -0.1) is 0 Å². The smallest absolute Gasteiger partial charge is 0.273 e. The molecule has 0 bridgehead atoms. The Bertz CT molecular complexity index is 747. The Morgan fingerprint density at radius 2 is 1.73 bits per heavy atom. The van der Waals surface area contributed by atoms with Gasteiger partial charge >= 0.3 is 0 Å². The van der Waals surface area contributed by atoms with Gasteiger partial charge in [0.05, 0.1) is 11.4 Å². The molecule has 0 radical (unpaired) electrons. The first-order valence-corrected chi connectivity index (χ1v) is 8.04. The second kappa shape index (κ2) is 10.8. The van der Waals surface area contributed by atoms with E-state index in [4.69, 9.17) is 9.68 Å². The maximum absolute atomic E-state index is 12.0. The van der Waals surface area contributed by atoms with E-state index in [2.05, 4.69) is 25.8 Å². The van der Waals surface area contributed by atoms with E-state index in [-0.39, 0.29) is 18.2 Å². The van der Waals surface area contributed by atoms with Gasteiger partial charge in [-0.25, -0.2) is 0 Å². The SMILES string of the molecule is CNC(=O)/C(=N/OC)c1ccccc1CO/N=C(C)/C(C)=N/N=C(C)C. The number of hydrogen-bond acceptors (Lipinski definition) is 7. The summed E-state index contributed by atoms with van der Waals surface area (Å²) in [4.78, 5) is 22.2. The Morgan fingerprint density at radius 3 is 2.35 bits per heavy atom. The molecule has 0 unspecified atom stereocenters. The topological polar surface area (TPSA) is 97.0 Å². The van der Waals surface area contributed by atoms with Gasteiger partial charge in [0, 0.05) is 23.9 Å². The molecular formula is C18H25N5O3. The third kappa shape index (κ3) is 6.46. The van der Waals surface area contributed by atoms with Crippen molar-refractivity contribution in [2.24, 2.45) is 20.5 Å². The number of benzene rings is 1. The number of nitrogens with zero attached hydrogens (tertiary/aromatic N) is 4. The molecule has 1 aromatic carbocycles. The van der Waals surface area contributed by atoms with Crippen molar-refractivity contribution in [3.8, 4) is 0 Å². The summed E-state index contributed by atoms with van der Waals surface area (Å²) in [7, 11) is 2.92. The molecule has 1 rings (SSSR count). The zero-order valence-electron chi connectivity index (χ0n) is 16.0. The minimum atomic E-state index is -0.352. The number of carbonyl (C=O) groups is 1. The highest BCUT2D eigenvalue weighted by Crippen LogP contribution is 2.12. The molecule has 0 heterocycles. The van der Waals surface area contributed by atoms with Crippen LogP contribution < -0.4 is 5.32 Å². The number of oxime groups is 2. The molecule has 0 atom stereocenters. The number of hydrogen-bond donors (Lipinski definition) is 1. The van der Waals surface area contributed by atoms with Gasteiger partial charge in [-0.2, -0.15) is 10.2 Å².